The van der Waals surface area contributed by atoms with Crippen LogP contribution in [0.3, 0.4) is 0 Å². The van der Waals surface area contributed by atoms with Gasteiger partial charge in [-0.3, -0.25) is 9.59 Å². The first-order valence-corrected chi connectivity index (χ1v) is 8.95. The van der Waals surface area contributed by atoms with Crippen molar-refractivity contribution in [2.45, 2.75) is 31.1 Å². The van der Waals surface area contributed by atoms with Crippen LogP contribution in [0.25, 0.3) is 0 Å². The van der Waals surface area contributed by atoms with Crippen LogP contribution in [-0.4, -0.2) is 25.2 Å². The Labute approximate surface area is 156 Å². The lowest BCUT2D eigenvalue weighted by atomic mass is 9.78. The summed E-state index contributed by atoms with van der Waals surface area (Å²) in [4.78, 5) is 25.3. The minimum Gasteiger partial charge on any atom is -0.457 e. The second-order valence-corrected chi connectivity index (χ2v) is 6.84. The van der Waals surface area contributed by atoms with Gasteiger partial charge in [0.25, 0.3) is 0 Å². The van der Waals surface area contributed by atoms with Crippen LogP contribution in [-0.2, 0) is 14.9 Å². The molecule has 1 aliphatic carbocycles. The van der Waals surface area contributed by atoms with E-state index in [4.69, 9.17) is 14.2 Å². The molecule has 0 radical (unpaired) electrons. The smallest absolute Gasteiger partial charge is 0.317 e. The van der Waals surface area contributed by atoms with Crippen LogP contribution in [0.5, 0.6) is 11.5 Å². The Morgan fingerprint density at radius 2 is 1.78 bits per heavy atom. The highest BCUT2D eigenvalue weighted by atomic mass is 19.1. The van der Waals surface area contributed by atoms with Crippen LogP contribution in [0.15, 0.2) is 42.5 Å². The number of Topliss-reactive ketones (excluding diaryl/α,β-unsaturated/α-hetero) is 1. The molecule has 140 valence electrons. The van der Waals surface area contributed by atoms with E-state index in [-0.39, 0.29) is 12.6 Å². The van der Waals surface area contributed by atoms with Crippen molar-refractivity contribution >= 4 is 11.8 Å². The Morgan fingerprint density at radius 1 is 1.04 bits per heavy atom. The summed E-state index contributed by atoms with van der Waals surface area (Å²) in [5.74, 6) is -0.236. The summed E-state index contributed by atoms with van der Waals surface area (Å²) in [7, 11) is 0. The van der Waals surface area contributed by atoms with Crippen LogP contribution in [0.2, 0.25) is 0 Å². The monoisotopic (exact) mass is 370 g/mol. The molecule has 5 nitrogen and oxygen atoms in total. The number of ketones is 1. The molecular formula is C21H19FO5. The Balaban J connectivity index is 1.49. The molecule has 2 aromatic rings. The van der Waals surface area contributed by atoms with Crippen LogP contribution >= 0.6 is 0 Å². The Hall–Kier alpha value is -2.89. The maximum Gasteiger partial charge on any atom is 0.317 e. The van der Waals surface area contributed by atoms with Gasteiger partial charge in [-0.05, 0) is 37.1 Å². The lowest BCUT2D eigenvalue weighted by molar-refractivity contribution is -0.149. The first-order chi connectivity index (χ1) is 13.1. The molecule has 0 saturated heterocycles. The molecule has 1 fully saturated rings. The third-order valence-electron chi connectivity index (χ3n) is 5.27. The molecule has 0 aromatic heterocycles. The molecule has 4 rings (SSSR count). The molecule has 27 heavy (non-hydrogen) atoms. The highest BCUT2D eigenvalue weighted by Crippen LogP contribution is 2.43. The van der Waals surface area contributed by atoms with E-state index in [2.05, 4.69) is 0 Å². The Morgan fingerprint density at radius 3 is 2.56 bits per heavy atom. The first kappa shape index (κ1) is 17.5. The topological polar surface area (TPSA) is 61.8 Å². The van der Waals surface area contributed by atoms with E-state index in [1.807, 2.05) is 0 Å². The van der Waals surface area contributed by atoms with Crippen molar-refractivity contribution in [3.8, 4) is 11.5 Å². The molecule has 2 aromatic carbocycles. The zero-order valence-electron chi connectivity index (χ0n) is 14.7. The second kappa shape index (κ2) is 7.02. The van der Waals surface area contributed by atoms with Gasteiger partial charge in [0.15, 0.2) is 23.9 Å². The van der Waals surface area contributed by atoms with Gasteiger partial charge in [0.2, 0.25) is 6.79 Å². The van der Waals surface area contributed by atoms with E-state index in [1.54, 1.807) is 36.4 Å². The van der Waals surface area contributed by atoms with E-state index in [0.717, 1.165) is 12.8 Å². The number of halogens is 1. The number of hydrogen-bond acceptors (Lipinski definition) is 5. The van der Waals surface area contributed by atoms with Crippen molar-refractivity contribution < 1.29 is 28.2 Å². The van der Waals surface area contributed by atoms with Crippen molar-refractivity contribution in [2.75, 3.05) is 13.4 Å². The van der Waals surface area contributed by atoms with Gasteiger partial charge in [-0.2, -0.15) is 0 Å². The van der Waals surface area contributed by atoms with Gasteiger partial charge in [-0.1, -0.05) is 31.0 Å². The number of rotatable bonds is 5. The third kappa shape index (κ3) is 3.16. The molecule has 0 spiro atoms. The Bertz CT molecular complexity index is 886. The lowest BCUT2D eigenvalue weighted by Gasteiger charge is -2.27. The van der Waals surface area contributed by atoms with Crippen LogP contribution in [0.1, 0.15) is 41.6 Å². The fourth-order valence-electron chi connectivity index (χ4n) is 3.83. The highest BCUT2D eigenvalue weighted by molar-refractivity contribution is 5.99. The van der Waals surface area contributed by atoms with Gasteiger partial charge in [-0.15, -0.1) is 0 Å². The van der Waals surface area contributed by atoms with Gasteiger partial charge in [-0.25, -0.2) is 4.39 Å². The largest absolute Gasteiger partial charge is 0.457 e. The summed E-state index contributed by atoms with van der Waals surface area (Å²) in [5.41, 5.74) is -0.290. The normalized spacial score (nSPS) is 16.9. The molecule has 0 unspecified atom stereocenters. The molecule has 0 N–H and O–H groups in total. The van der Waals surface area contributed by atoms with Crippen molar-refractivity contribution in [1.82, 2.24) is 0 Å². The fourth-order valence-corrected chi connectivity index (χ4v) is 3.83. The fraction of sp³-hybridized carbons (Fsp3) is 0.333. The quantitative estimate of drug-likeness (QED) is 0.592. The number of hydrogen-bond donors (Lipinski definition) is 0. The zero-order valence-corrected chi connectivity index (χ0v) is 14.7. The van der Waals surface area contributed by atoms with Gasteiger partial charge in [0.05, 0.1) is 5.41 Å². The summed E-state index contributed by atoms with van der Waals surface area (Å²) in [6.07, 6.45) is 2.68. The van der Waals surface area contributed by atoms with E-state index in [1.165, 1.54) is 6.07 Å². The molecular weight excluding hydrogens is 351 g/mol. The molecule has 0 bridgehead atoms. The summed E-state index contributed by atoms with van der Waals surface area (Å²) < 4.78 is 30.2. The highest BCUT2D eigenvalue weighted by Gasteiger charge is 2.46. The van der Waals surface area contributed by atoms with Crippen molar-refractivity contribution in [3.05, 3.63) is 59.4 Å². The van der Waals surface area contributed by atoms with Crippen molar-refractivity contribution in [3.63, 3.8) is 0 Å². The molecule has 1 aliphatic heterocycles. The minimum absolute atomic E-state index is 0.118. The predicted octanol–water partition coefficient (Wildman–Crippen LogP) is 3.79. The zero-order chi connectivity index (χ0) is 18.9. The van der Waals surface area contributed by atoms with Gasteiger partial charge in [0.1, 0.15) is 5.82 Å². The molecule has 0 atom stereocenters. The van der Waals surface area contributed by atoms with E-state index >= 15 is 0 Å². The maximum atomic E-state index is 14.3. The average molecular weight is 370 g/mol. The minimum atomic E-state index is -1.01. The standard InChI is InChI=1S/C21H19FO5/c22-16-6-2-1-5-15(16)21(9-3-4-10-21)20(24)25-12-17(23)14-7-8-18-19(11-14)27-13-26-18/h1-2,5-8,11H,3-4,9-10,12-13H2. The Kier molecular flexibility index (Phi) is 4.56. The average Bonchev–Trinajstić information content (AvgIpc) is 3.35. The maximum absolute atomic E-state index is 14.3. The summed E-state index contributed by atoms with van der Waals surface area (Å²) >= 11 is 0. The number of ether oxygens (including phenoxy) is 3. The number of carbonyl (C=O) groups excluding carboxylic acids is 2. The van der Waals surface area contributed by atoms with E-state index in [0.29, 0.717) is 35.5 Å². The summed E-state index contributed by atoms with van der Waals surface area (Å²) in [6.45, 7) is -0.276. The number of esters is 1. The predicted molar refractivity (Wildman–Crippen MR) is 94.4 cm³/mol. The molecule has 0 amide bonds. The number of benzene rings is 2. The number of fused-ring (bicyclic) bond motifs is 1. The van der Waals surface area contributed by atoms with Gasteiger partial charge >= 0.3 is 5.97 Å². The third-order valence-corrected chi connectivity index (χ3v) is 5.27. The van der Waals surface area contributed by atoms with Crippen molar-refractivity contribution in [1.29, 1.82) is 0 Å². The molecule has 6 heteroatoms. The first-order valence-electron chi connectivity index (χ1n) is 8.95. The summed E-state index contributed by atoms with van der Waals surface area (Å²) in [5, 5.41) is 0. The van der Waals surface area contributed by atoms with E-state index < -0.39 is 23.8 Å². The molecule has 2 aliphatic rings. The summed E-state index contributed by atoms with van der Waals surface area (Å²) in [6, 6.07) is 11.1. The van der Waals surface area contributed by atoms with Crippen LogP contribution in [0.4, 0.5) is 4.39 Å². The molecule has 1 heterocycles. The van der Waals surface area contributed by atoms with Crippen LogP contribution < -0.4 is 9.47 Å². The lowest BCUT2D eigenvalue weighted by Crippen LogP contribution is -2.36. The van der Waals surface area contributed by atoms with Gasteiger partial charge in [0, 0.05) is 11.1 Å². The second-order valence-electron chi connectivity index (χ2n) is 6.84. The molecule has 1 saturated carbocycles. The van der Waals surface area contributed by atoms with Crippen molar-refractivity contribution in [2.24, 2.45) is 0 Å². The SMILES string of the molecule is O=C(COC(=O)C1(c2ccccc2F)CCCC1)c1ccc2c(c1)OCO2. The number of carbonyl (C=O) groups is 2. The van der Waals surface area contributed by atoms with Gasteiger partial charge < -0.3 is 14.2 Å². The van der Waals surface area contributed by atoms with Crippen LogP contribution in [0, 0.1) is 5.82 Å². The van der Waals surface area contributed by atoms with E-state index in [9.17, 15) is 14.0 Å².